The molecule has 1 aromatic rings. The van der Waals surface area contributed by atoms with Crippen molar-refractivity contribution in [3.05, 3.63) is 29.3 Å². The Balaban J connectivity index is 2.02. The van der Waals surface area contributed by atoms with Crippen LogP contribution in [-0.2, 0) is 16.1 Å². The number of carbonyl (C=O) groups is 1. The van der Waals surface area contributed by atoms with E-state index in [0.29, 0.717) is 0 Å². The smallest absolute Gasteiger partial charge is 0.338 e. The number of aromatic hydroxyl groups is 1. The van der Waals surface area contributed by atoms with Gasteiger partial charge in [-0.3, -0.25) is 0 Å². The van der Waals surface area contributed by atoms with Crippen molar-refractivity contribution in [1.29, 1.82) is 0 Å². The van der Waals surface area contributed by atoms with Crippen molar-refractivity contribution in [2.75, 3.05) is 6.61 Å². The van der Waals surface area contributed by atoms with Gasteiger partial charge in [-0.2, -0.15) is 0 Å². The Hall–Kier alpha value is -1.75. The summed E-state index contributed by atoms with van der Waals surface area (Å²) >= 11 is 0. The SMILES string of the molecule is O=C(OCC1OC(O)C(O)C(O)C1O)c1ccc(O)cc1CO. The molecule has 5 unspecified atom stereocenters. The van der Waals surface area contributed by atoms with Crippen LogP contribution in [0.5, 0.6) is 5.75 Å². The van der Waals surface area contributed by atoms with Crippen LogP contribution in [0.3, 0.4) is 0 Å². The van der Waals surface area contributed by atoms with Gasteiger partial charge in [0.05, 0.1) is 12.2 Å². The Labute approximate surface area is 130 Å². The van der Waals surface area contributed by atoms with E-state index in [4.69, 9.17) is 9.47 Å². The highest BCUT2D eigenvalue weighted by Gasteiger charge is 2.43. The number of phenols is 1. The molecule has 9 heteroatoms. The fourth-order valence-corrected chi connectivity index (χ4v) is 2.21. The van der Waals surface area contributed by atoms with Gasteiger partial charge >= 0.3 is 5.97 Å². The standard InChI is InChI=1S/C14H18O9/c15-4-6-3-7(16)1-2-8(6)13(20)22-5-9-10(17)11(18)12(19)14(21)23-9/h1-3,9-12,14-19,21H,4-5H2. The largest absolute Gasteiger partial charge is 0.508 e. The summed E-state index contributed by atoms with van der Waals surface area (Å²) in [6.45, 7) is -0.988. The average molecular weight is 330 g/mol. The zero-order valence-electron chi connectivity index (χ0n) is 11.9. The van der Waals surface area contributed by atoms with E-state index in [1.165, 1.54) is 18.2 Å². The maximum atomic E-state index is 12.0. The van der Waals surface area contributed by atoms with Crippen molar-refractivity contribution >= 4 is 5.97 Å². The van der Waals surface area contributed by atoms with Crippen LogP contribution < -0.4 is 0 Å². The molecule has 1 aromatic carbocycles. The summed E-state index contributed by atoms with van der Waals surface area (Å²) in [5.41, 5.74) is 0.160. The lowest BCUT2D eigenvalue weighted by molar-refractivity contribution is -0.286. The van der Waals surface area contributed by atoms with Gasteiger partial charge in [-0.1, -0.05) is 0 Å². The van der Waals surface area contributed by atoms with Crippen molar-refractivity contribution < 1.29 is 44.9 Å². The first-order valence-corrected chi connectivity index (χ1v) is 6.82. The molecule has 9 nitrogen and oxygen atoms in total. The summed E-state index contributed by atoms with van der Waals surface area (Å²) in [5, 5.41) is 56.5. The van der Waals surface area contributed by atoms with Gasteiger partial charge in [0.1, 0.15) is 36.8 Å². The second-order valence-corrected chi connectivity index (χ2v) is 5.13. The molecule has 0 bridgehead atoms. The molecule has 2 rings (SSSR count). The molecule has 0 amide bonds. The molecule has 0 saturated carbocycles. The van der Waals surface area contributed by atoms with Crippen molar-refractivity contribution in [2.24, 2.45) is 0 Å². The van der Waals surface area contributed by atoms with Crippen molar-refractivity contribution in [2.45, 2.75) is 37.3 Å². The molecule has 1 aliphatic rings. The summed E-state index contributed by atoms with van der Waals surface area (Å²) in [7, 11) is 0. The third-order valence-corrected chi connectivity index (χ3v) is 3.54. The number of carbonyl (C=O) groups excluding carboxylic acids is 1. The van der Waals surface area contributed by atoms with E-state index >= 15 is 0 Å². The van der Waals surface area contributed by atoms with Gasteiger partial charge in [0.25, 0.3) is 0 Å². The molecule has 1 aliphatic heterocycles. The second-order valence-electron chi connectivity index (χ2n) is 5.13. The van der Waals surface area contributed by atoms with E-state index in [-0.39, 0.29) is 16.9 Å². The zero-order chi connectivity index (χ0) is 17.1. The molecule has 23 heavy (non-hydrogen) atoms. The summed E-state index contributed by atoms with van der Waals surface area (Å²) in [6.07, 6.45) is -7.83. The molecular weight excluding hydrogens is 312 g/mol. The van der Waals surface area contributed by atoms with Gasteiger partial charge in [-0.25, -0.2) is 4.79 Å². The molecule has 6 N–H and O–H groups in total. The number of ether oxygens (including phenoxy) is 2. The first-order valence-electron chi connectivity index (χ1n) is 6.82. The average Bonchev–Trinajstić information content (AvgIpc) is 2.54. The normalized spacial score (nSPS) is 30.9. The third kappa shape index (κ3) is 3.78. The first-order chi connectivity index (χ1) is 10.8. The van der Waals surface area contributed by atoms with Gasteiger partial charge in [0.15, 0.2) is 6.29 Å². The predicted molar refractivity (Wildman–Crippen MR) is 73.2 cm³/mol. The number of hydrogen-bond acceptors (Lipinski definition) is 9. The lowest BCUT2D eigenvalue weighted by atomic mass is 9.99. The maximum absolute atomic E-state index is 12.0. The number of benzene rings is 1. The van der Waals surface area contributed by atoms with Crippen molar-refractivity contribution in [1.82, 2.24) is 0 Å². The lowest BCUT2D eigenvalue weighted by Gasteiger charge is -2.37. The molecule has 128 valence electrons. The van der Waals surface area contributed by atoms with Crippen LogP contribution in [0.4, 0.5) is 0 Å². The highest BCUT2D eigenvalue weighted by atomic mass is 16.6. The molecule has 0 radical (unpaired) electrons. The van der Waals surface area contributed by atoms with Gasteiger partial charge in [-0.05, 0) is 23.8 Å². The van der Waals surface area contributed by atoms with E-state index in [9.17, 15) is 35.4 Å². The van der Waals surface area contributed by atoms with Crippen LogP contribution in [0.15, 0.2) is 18.2 Å². The summed E-state index contributed by atoms with van der Waals surface area (Å²) in [5.74, 6) is -0.975. The molecule has 0 aromatic heterocycles. The number of esters is 1. The molecule has 1 fully saturated rings. The molecule has 1 heterocycles. The summed E-state index contributed by atoms with van der Waals surface area (Å²) < 4.78 is 9.80. The Bertz CT molecular complexity index is 561. The Morgan fingerprint density at radius 1 is 1.13 bits per heavy atom. The highest BCUT2D eigenvalue weighted by Crippen LogP contribution is 2.21. The van der Waals surface area contributed by atoms with E-state index in [0.717, 1.165) is 0 Å². The minimum Gasteiger partial charge on any atom is -0.508 e. The van der Waals surface area contributed by atoms with Crippen molar-refractivity contribution in [3.63, 3.8) is 0 Å². The molecule has 5 atom stereocenters. The molecule has 0 aliphatic carbocycles. The van der Waals surface area contributed by atoms with Crippen LogP contribution in [0.25, 0.3) is 0 Å². The summed E-state index contributed by atoms with van der Waals surface area (Å²) in [4.78, 5) is 12.0. The van der Waals surface area contributed by atoms with Gasteiger partial charge in [0.2, 0.25) is 0 Å². The number of aliphatic hydroxyl groups is 5. The number of phenolic OH excluding ortho intramolecular Hbond substituents is 1. The lowest BCUT2D eigenvalue weighted by Crippen LogP contribution is -2.58. The highest BCUT2D eigenvalue weighted by molar-refractivity contribution is 5.91. The third-order valence-electron chi connectivity index (χ3n) is 3.54. The molecule has 0 spiro atoms. The Morgan fingerprint density at radius 3 is 2.48 bits per heavy atom. The fraction of sp³-hybridized carbons (Fsp3) is 0.500. The van der Waals surface area contributed by atoms with Crippen LogP contribution in [0.1, 0.15) is 15.9 Å². The number of aliphatic hydroxyl groups excluding tert-OH is 5. The van der Waals surface area contributed by atoms with Crippen molar-refractivity contribution in [3.8, 4) is 5.75 Å². The van der Waals surface area contributed by atoms with E-state index < -0.39 is 49.9 Å². The summed E-state index contributed by atoms with van der Waals surface area (Å²) in [6, 6.07) is 3.70. The minimum absolute atomic E-state index is 0.0109. The van der Waals surface area contributed by atoms with Gasteiger partial charge in [-0.15, -0.1) is 0 Å². The van der Waals surface area contributed by atoms with Crippen LogP contribution in [-0.4, -0.2) is 73.9 Å². The number of rotatable bonds is 4. The predicted octanol–water partition coefficient (Wildman–Crippen LogP) is -2.16. The number of hydrogen-bond donors (Lipinski definition) is 6. The second kappa shape index (κ2) is 7.21. The first kappa shape index (κ1) is 17.6. The monoisotopic (exact) mass is 330 g/mol. The van der Waals surface area contributed by atoms with E-state index in [1.54, 1.807) is 0 Å². The zero-order valence-corrected chi connectivity index (χ0v) is 11.9. The quantitative estimate of drug-likeness (QED) is 0.338. The van der Waals surface area contributed by atoms with E-state index in [1.807, 2.05) is 0 Å². The minimum atomic E-state index is -1.72. The Kier molecular flexibility index (Phi) is 5.52. The van der Waals surface area contributed by atoms with Crippen LogP contribution >= 0.6 is 0 Å². The maximum Gasteiger partial charge on any atom is 0.338 e. The van der Waals surface area contributed by atoms with Gasteiger partial charge in [0, 0.05) is 0 Å². The van der Waals surface area contributed by atoms with Crippen LogP contribution in [0.2, 0.25) is 0 Å². The fourth-order valence-electron chi connectivity index (χ4n) is 2.21. The molecular formula is C14H18O9. The topological polar surface area (TPSA) is 157 Å². The van der Waals surface area contributed by atoms with Gasteiger partial charge < -0.3 is 40.1 Å². The Morgan fingerprint density at radius 2 is 1.83 bits per heavy atom. The van der Waals surface area contributed by atoms with E-state index in [2.05, 4.69) is 0 Å². The molecule has 1 saturated heterocycles. The van der Waals surface area contributed by atoms with Crippen LogP contribution in [0, 0.1) is 0 Å².